The Morgan fingerprint density at radius 2 is 2.21 bits per heavy atom. The molecule has 2 rings (SSSR count). The minimum Gasteiger partial charge on any atom is -0.301 e. The van der Waals surface area contributed by atoms with E-state index in [1.54, 1.807) is 12.4 Å². The van der Waals surface area contributed by atoms with Crippen molar-refractivity contribution < 1.29 is 0 Å². The maximum Gasteiger partial charge on any atom is 0.144 e. The standard InChI is InChI=1S/C10H14N4/c1-2-7-14-8-12-10(13-14)9-3-5-11-6-4-9/h3-6H,2,7-8H2,1H3,(H,12,13). The molecule has 0 aliphatic carbocycles. The summed E-state index contributed by atoms with van der Waals surface area (Å²) in [7, 11) is 0. The molecule has 1 N–H and O–H groups in total. The molecular weight excluding hydrogens is 176 g/mol. The van der Waals surface area contributed by atoms with Crippen LogP contribution in [0, 0.1) is 0 Å². The smallest absolute Gasteiger partial charge is 0.144 e. The fourth-order valence-corrected chi connectivity index (χ4v) is 1.44. The van der Waals surface area contributed by atoms with Gasteiger partial charge in [-0.2, -0.15) is 0 Å². The summed E-state index contributed by atoms with van der Waals surface area (Å²) in [5, 5.41) is 2.11. The highest BCUT2D eigenvalue weighted by molar-refractivity contribution is 5.99. The van der Waals surface area contributed by atoms with E-state index in [9.17, 15) is 0 Å². The molecule has 14 heavy (non-hydrogen) atoms. The third-order valence-electron chi connectivity index (χ3n) is 2.11. The third kappa shape index (κ3) is 1.90. The van der Waals surface area contributed by atoms with Gasteiger partial charge in [0.15, 0.2) is 0 Å². The van der Waals surface area contributed by atoms with Crippen LogP contribution in [0.1, 0.15) is 18.9 Å². The summed E-state index contributed by atoms with van der Waals surface area (Å²) in [6.45, 7) is 3.93. The van der Waals surface area contributed by atoms with Crippen molar-refractivity contribution in [3.8, 4) is 0 Å². The average Bonchev–Trinajstić information content (AvgIpc) is 2.68. The second-order valence-electron chi connectivity index (χ2n) is 3.26. The van der Waals surface area contributed by atoms with Gasteiger partial charge in [-0.05, 0) is 18.6 Å². The number of amidine groups is 1. The highest BCUT2D eigenvalue weighted by Crippen LogP contribution is 2.04. The maximum absolute atomic E-state index is 4.41. The van der Waals surface area contributed by atoms with Crippen LogP contribution >= 0.6 is 0 Å². The van der Waals surface area contributed by atoms with Gasteiger partial charge < -0.3 is 5.43 Å². The zero-order chi connectivity index (χ0) is 9.80. The maximum atomic E-state index is 4.41. The first-order valence-electron chi connectivity index (χ1n) is 4.86. The fourth-order valence-electron chi connectivity index (χ4n) is 1.44. The first-order valence-corrected chi connectivity index (χ1v) is 4.86. The second-order valence-corrected chi connectivity index (χ2v) is 3.26. The van der Waals surface area contributed by atoms with E-state index in [-0.39, 0.29) is 0 Å². The molecule has 4 nitrogen and oxygen atoms in total. The van der Waals surface area contributed by atoms with Gasteiger partial charge in [0.05, 0.1) is 0 Å². The summed E-state index contributed by atoms with van der Waals surface area (Å²) in [6.07, 6.45) is 4.69. The largest absolute Gasteiger partial charge is 0.301 e. The molecule has 0 saturated heterocycles. The van der Waals surface area contributed by atoms with Gasteiger partial charge in [0.25, 0.3) is 0 Å². The Labute approximate surface area is 83.6 Å². The van der Waals surface area contributed by atoms with E-state index in [0.717, 1.165) is 31.0 Å². The molecule has 2 heterocycles. The van der Waals surface area contributed by atoms with Crippen LogP contribution in [0.2, 0.25) is 0 Å². The predicted octanol–water partition coefficient (Wildman–Crippen LogP) is 1.02. The number of nitrogens with one attached hydrogen (secondary N) is 1. The molecule has 74 valence electrons. The molecule has 0 aromatic carbocycles. The zero-order valence-corrected chi connectivity index (χ0v) is 8.27. The number of hydrogen-bond donors (Lipinski definition) is 1. The molecule has 0 radical (unpaired) electrons. The van der Waals surface area contributed by atoms with Crippen molar-refractivity contribution in [1.82, 2.24) is 15.4 Å². The van der Waals surface area contributed by atoms with Crippen LogP contribution < -0.4 is 5.43 Å². The third-order valence-corrected chi connectivity index (χ3v) is 2.11. The summed E-state index contributed by atoms with van der Waals surface area (Å²) in [5.41, 5.74) is 4.36. The molecule has 0 bridgehead atoms. The van der Waals surface area contributed by atoms with Crippen LogP contribution in [0.3, 0.4) is 0 Å². The van der Waals surface area contributed by atoms with Crippen molar-refractivity contribution in [3.63, 3.8) is 0 Å². The van der Waals surface area contributed by atoms with E-state index in [2.05, 4.69) is 27.3 Å². The van der Waals surface area contributed by atoms with Crippen LogP contribution in [0.15, 0.2) is 29.5 Å². The molecule has 1 aliphatic heterocycles. The van der Waals surface area contributed by atoms with Crippen LogP contribution in [-0.4, -0.2) is 29.0 Å². The Hall–Kier alpha value is -1.42. The van der Waals surface area contributed by atoms with Gasteiger partial charge in [0, 0.05) is 24.5 Å². The lowest BCUT2D eigenvalue weighted by atomic mass is 10.2. The second kappa shape index (κ2) is 4.19. The van der Waals surface area contributed by atoms with Gasteiger partial charge in [0.2, 0.25) is 0 Å². The highest BCUT2D eigenvalue weighted by atomic mass is 15.6. The Kier molecular flexibility index (Phi) is 2.74. The van der Waals surface area contributed by atoms with Crippen LogP contribution in [-0.2, 0) is 0 Å². The summed E-state index contributed by atoms with van der Waals surface area (Å²) >= 11 is 0. The molecular formula is C10H14N4. The summed E-state index contributed by atoms with van der Waals surface area (Å²) < 4.78 is 0. The molecule has 1 aromatic rings. The van der Waals surface area contributed by atoms with Crippen LogP contribution in [0.4, 0.5) is 0 Å². The number of hydrazine groups is 1. The predicted molar refractivity (Wildman–Crippen MR) is 55.8 cm³/mol. The monoisotopic (exact) mass is 190 g/mol. The molecule has 4 heteroatoms. The fraction of sp³-hybridized carbons (Fsp3) is 0.400. The lowest BCUT2D eigenvalue weighted by molar-refractivity contribution is 0.267. The topological polar surface area (TPSA) is 40.5 Å². The van der Waals surface area contributed by atoms with E-state index >= 15 is 0 Å². The van der Waals surface area contributed by atoms with Gasteiger partial charge in [-0.1, -0.05) is 6.92 Å². The Morgan fingerprint density at radius 3 is 2.93 bits per heavy atom. The Morgan fingerprint density at radius 1 is 1.43 bits per heavy atom. The Balaban J connectivity index is 2.02. The first kappa shape index (κ1) is 9.15. The average molecular weight is 190 g/mol. The van der Waals surface area contributed by atoms with Crippen molar-refractivity contribution in [3.05, 3.63) is 30.1 Å². The SMILES string of the molecule is CCCN1CN=C(c2ccncc2)N1. The zero-order valence-electron chi connectivity index (χ0n) is 8.27. The van der Waals surface area contributed by atoms with Crippen molar-refractivity contribution >= 4 is 5.84 Å². The first-order chi connectivity index (χ1) is 6.90. The van der Waals surface area contributed by atoms with E-state index < -0.39 is 0 Å². The lowest BCUT2D eigenvalue weighted by Crippen LogP contribution is -2.36. The molecule has 0 amide bonds. The van der Waals surface area contributed by atoms with Crippen molar-refractivity contribution in [2.45, 2.75) is 13.3 Å². The molecule has 1 aromatic heterocycles. The minimum atomic E-state index is 0.742. The molecule has 1 aliphatic rings. The molecule has 0 fully saturated rings. The number of rotatable bonds is 3. The number of aliphatic imine (C=N–C) groups is 1. The summed E-state index contributed by atoms with van der Waals surface area (Å²) in [5.74, 6) is 0.945. The number of hydrogen-bond acceptors (Lipinski definition) is 4. The van der Waals surface area contributed by atoms with E-state index in [4.69, 9.17) is 0 Å². The van der Waals surface area contributed by atoms with Crippen molar-refractivity contribution in [2.24, 2.45) is 4.99 Å². The molecule has 0 saturated carbocycles. The molecule has 0 unspecified atom stereocenters. The van der Waals surface area contributed by atoms with Crippen LogP contribution in [0.5, 0.6) is 0 Å². The van der Waals surface area contributed by atoms with Crippen molar-refractivity contribution in [2.75, 3.05) is 13.2 Å². The minimum absolute atomic E-state index is 0.742. The molecule has 0 atom stereocenters. The van der Waals surface area contributed by atoms with Gasteiger partial charge in [-0.3, -0.25) is 4.98 Å². The van der Waals surface area contributed by atoms with Gasteiger partial charge in [-0.15, -0.1) is 0 Å². The number of aromatic nitrogens is 1. The van der Waals surface area contributed by atoms with Crippen molar-refractivity contribution in [1.29, 1.82) is 0 Å². The number of nitrogens with zero attached hydrogens (tertiary/aromatic N) is 3. The van der Waals surface area contributed by atoms with Gasteiger partial charge >= 0.3 is 0 Å². The highest BCUT2D eigenvalue weighted by Gasteiger charge is 2.14. The van der Waals surface area contributed by atoms with E-state index in [1.807, 2.05) is 12.1 Å². The molecule has 0 spiro atoms. The van der Waals surface area contributed by atoms with E-state index in [0.29, 0.717) is 0 Å². The summed E-state index contributed by atoms with van der Waals surface area (Å²) in [6, 6.07) is 3.92. The number of pyridine rings is 1. The van der Waals surface area contributed by atoms with Gasteiger partial charge in [0.1, 0.15) is 12.5 Å². The lowest BCUT2D eigenvalue weighted by Gasteiger charge is -2.14. The normalized spacial score (nSPS) is 16.5. The summed E-state index contributed by atoms with van der Waals surface area (Å²) in [4.78, 5) is 8.39. The van der Waals surface area contributed by atoms with Crippen LogP contribution in [0.25, 0.3) is 0 Å². The quantitative estimate of drug-likeness (QED) is 0.773. The van der Waals surface area contributed by atoms with E-state index in [1.165, 1.54) is 0 Å². The Bertz CT molecular complexity index is 320. The van der Waals surface area contributed by atoms with Gasteiger partial charge in [-0.25, -0.2) is 10.0 Å².